The summed E-state index contributed by atoms with van der Waals surface area (Å²) in [7, 11) is 0. The Balaban J connectivity index is 3.21. The predicted octanol–water partition coefficient (Wildman–Crippen LogP) is 1.54. The Kier molecular flexibility index (Phi) is 2.88. The molecule has 0 N–H and O–H groups in total. The first-order valence-electron chi connectivity index (χ1n) is 5.18. The fraction of sp³-hybridized carbons (Fsp3) is 0.727. The Labute approximate surface area is 83.9 Å². The number of hydrogen-bond donors (Lipinski definition) is 0. The second-order valence-electron chi connectivity index (χ2n) is 3.85. The zero-order chi connectivity index (χ0) is 10.9. The first-order chi connectivity index (χ1) is 6.55. The number of ketones is 3. The van der Waals surface area contributed by atoms with Gasteiger partial charge in [0.15, 0.2) is 0 Å². The summed E-state index contributed by atoms with van der Waals surface area (Å²) in [5, 5.41) is 0. The van der Waals surface area contributed by atoms with Gasteiger partial charge in [0.05, 0.1) is 0 Å². The van der Waals surface area contributed by atoms with Crippen LogP contribution in [0.25, 0.3) is 0 Å². The molecule has 0 heterocycles. The van der Waals surface area contributed by atoms with E-state index in [0.29, 0.717) is 19.3 Å². The van der Waals surface area contributed by atoms with Gasteiger partial charge in [-0.15, -0.1) is 0 Å². The molecule has 0 aliphatic heterocycles. The smallest absolute Gasteiger partial charge is 0.265 e. The molecule has 1 atom stereocenters. The van der Waals surface area contributed by atoms with Crippen LogP contribution in [0.15, 0.2) is 0 Å². The Bertz CT molecular complexity index is 287. The van der Waals surface area contributed by atoms with Gasteiger partial charge in [0.2, 0.25) is 11.6 Å². The van der Waals surface area contributed by atoms with Gasteiger partial charge in [-0.2, -0.15) is 0 Å². The molecule has 3 nitrogen and oxygen atoms in total. The highest BCUT2D eigenvalue weighted by Gasteiger charge is 2.56. The molecule has 1 rings (SSSR count). The van der Waals surface area contributed by atoms with Crippen molar-refractivity contribution in [2.45, 2.75) is 40.0 Å². The van der Waals surface area contributed by atoms with E-state index < -0.39 is 22.8 Å². The van der Waals surface area contributed by atoms with Gasteiger partial charge in [0.1, 0.15) is 0 Å². The molecule has 14 heavy (non-hydrogen) atoms. The van der Waals surface area contributed by atoms with Gasteiger partial charge < -0.3 is 0 Å². The summed E-state index contributed by atoms with van der Waals surface area (Å²) in [6, 6.07) is 0. The van der Waals surface area contributed by atoms with E-state index in [4.69, 9.17) is 0 Å². The standard InChI is InChI=1S/C11H16O3/c1-4-7-8(12)9(13)10(14)11(7,5-2)6-3/h7H,4-6H2,1-3H3. The van der Waals surface area contributed by atoms with Crippen molar-refractivity contribution in [3.63, 3.8) is 0 Å². The summed E-state index contributed by atoms with van der Waals surface area (Å²) in [6.45, 7) is 5.60. The maximum absolute atomic E-state index is 11.7. The van der Waals surface area contributed by atoms with E-state index in [2.05, 4.69) is 0 Å². The van der Waals surface area contributed by atoms with E-state index in [-0.39, 0.29) is 5.92 Å². The highest BCUT2D eigenvalue weighted by molar-refractivity contribution is 6.68. The molecule has 0 spiro atoms. The monoisotopic (exact) mass is 196 g/mol. The molecular weight excluding hydrogens is 180 g/mol. The molecule has 0 aromatic rings. The first kappa shape index (κ1) is 11.1. The summed E-state index contributed by atoms with van der Waals surface area (Å²) in [6.07, 6.45) is 1.74. The van der Waals surface area contributed by atoms with Gasteiger partial charge in [-0.05, 0) is 19.3 Å². The normalized spacial score (nSPS) is 25.9. The average molecular weight is 196 g/mol. The van der Waals surface area contributed by atoms with E-state index in [1.807, 2.05) is 20.8 Å². The van der Waals surface area contributed by atoms with Crippen LogP contribution in [0, 0.1) is 11.3 Å². The molecule has 78 valence electrons. The fourth-order valence-corrected chi connectivity index (χ4v) is 2.55. The van der Waals surface area contributed by atoms with Crippen LogP contribution in [-0.4, -0.2) is 17.3 Å². The van der Waals surface area contributed by atoms with Crippen LogP contribution in [0.3, 0.4) is 0 Å². The van der Waals surface area contributed by atoms with Crippen molar-refractivity contribution in [2.75, 3.05) is 0 Å². The van der Waals surface area contributed by atoms with Gasteiger partial charge >= 0.3 is 0 Å². The second kappa shape index (κ2) is 3.64. The van der Waals surface area contributed by atoms with Crippen LogP contribution in [0.5, 0.6) is 0 Å². The zero-order valence-electron chi connectivity index (χ0n) is 8.92. The summed E-state index contributed by atoms with van der Waals surface area (Å²) in [5.74, 6) is -2.08. The minimum Gasteiger partial charge on any atom is -0.290 e. The molecule has 1 saturated carbocycles. The minimum atomic E-state index is -0.777. The van der Waals surface area contributed by atoms with Crippen LogP contribution in [-0.2, 0) is 14.4 Å². The van der Waals surface area contributed by atoms with Gasteiger partial charge in [0, 0.05) is 11.3 Å². The van der Waals surface area contributed by atoms with E-state index in [1.165, 1.54) is 0 Å². The maximum atomic E-state index is 11.7. The van der Waals surface area contributed by atoms with Gasteiger partial charge in [-0.3, -0.25) is 14.4 Å². The number of hydrogen-bond acceptors (Lipinski definition) is 3. The van der Waals surface area contributed by atoms with Gasteiger partial charge in [0.25, 0.3) is 5.78 Å². The lowest BCUT2D eigenvalue weighted by molar-refractivity contribution is -0.142. The zero-order valence-corrected chi connectivity index (χ0v) is 8.92. The SMILES string of the molecule is CCC1C(=O)C(=O)C(=O)C1(CC)CC. The topological polar surface area (TPSA) is 51.2 Å². The van der Waals surface area contributed by atoms with E-state index in [0.717, 1.165) is 0 Å². The molecule has 1 fully saturated rings. The highest BCUT2D eigenvalue weighted by atomic mass is 16.2. The number of carbonyl (C=O) groups is 3. The Morgan fingerprint density at radius 3 is 1.86 bits per heavy atom. The van der Waals surface area contributed by atoms with Crippen molar-refractivity contribution >= 4 is 17.3 Å². The molecule has 0 radical (unpaired) electrons. The lowest BCUT2D eigenvalue weighted by Gasteiger charge is -2.28. The molecule has 0 aromatic heterocycles. The van der Waals surface area contributed by atoms with Crippen molar-refractivity contribution in [3.8, 4) is 0 Å². The molecule has 0 amide bonds. The third-order valence-corrected chi connectivity index (χ3v) is 3.54. The minimum absolute atomic E-state index is 0.377. The lowest BCUT2D eigenvalue weighted by atomic mass is 9.71. The molecular formula is C11H16O3. The van der Waals surface area contributed by atoms with Crippen molar-refractivity contribution in [2.24, 2.45) is 11.3 Å². The van der Waals surface area contributed by atoms with Crippen molar-refractivity contribution in [1.29, 1.82) is 0 Å². The molecule has 0 bridgehead atoms. The maximum Gasteiger partial charge on any atom is 0.265 e. The molecule has 0 saturated heterocycles. The van der Waals surface area contributed by atoms with Gasteiger partial charge in [-0.1, -0.05) is 20.8 Å². The second-order valence-corrected chi connectivity index (χ2v) is 3.85. The third kappa shape index (κ3) is 1.15. The molecule has 1 aliphatic rings. The fourth-order valence-electron chi connectivity index (χ4n) is 2.55. The number of carbonyl (C=O) groups excluding carboxylic acids is 3. The quantitative estimate of drug-likeness (QED) is 0.643. The number of rotatable bonds is 3. The van der Waals surface area contributed by atoms with Crippen LogP contribution in [0.1, 0.15) is 40.0 Å². The summed E-state index contributed by atoms with van der Waals surface area (Å²) in [4.78, 5) is 34.5. The highest BCUT2D eigenvalue weighted by Crippen LogP contribution is 2.43. The lowest BCUT2D eigenvalue weighted by Crippen LogP contribution is -2.32. The van der Waals surface area contributed by atoms with Crippen molar-refractivity contribution < 1.29 is 14.4 Å². The van der Waals surface area contributed by atoms with Crippen LogP contribution >= 0.6 is 0 Å². The van der Waals surface area contributed by atoms with Crippen LogP contribution in [0.4, 0.5) is 0 Å². The molecule has 1 aliphatic carbocycles. The molecule has 0 aromatic carbocycles. The van der Waals surface area contributed by atoms with E-state index in [9.17, 15) is 14.4 Å². The number of Topliss-reactive ketones (excluding diaryl/α,β-unsaturated/α-hetero) is 3. The Hall–Kier alpha value is -0.990. The third-order valence-electron chi connectivity index (χ3n) is 3.54. The average Bonchev–Trinajstić information content (AvgIpc) is 2.39. The van der Waals surface area contributed by atoms with Crippen molar-refractivity contribution in [1.82, 2.24) is 0 Å². The van der Waals surface area contributed by atoms with Crippen molar-refractivity contribution in [3.05, 3.63) is 0 Å². The largest absolute Gasteiger partial charge is 0.290 e. The first-order valence-corrected chi connectivity index (χ1v) is 5.18. The summed E-state index contributed by atoms with van der Waals surface area (Å²) in [5.41, 5.74) is -0.692. The van der Waals surface area contributed by atoms with E-state index in [1.54, 1.807) is 0 Å². The predicted molar refractivity (Wildman–Crippen MR) is 51.8 cm³/mol. The summed E-state index contributed by atoms with van der Waals surface area (Å²) >= 11 is 0. The van der Waals surface area contributed by atoms with Crippen LogP contribution < -0.4 is 0 Å². The van der Waals surface area contributed by atoms with Crippen LogP contribution in [0.2, 0.25) is 0 Å². The molecule has 3 heteroatoms. The van der Waals surface area contributed by atoms with E-state index >= 15 is 0 Å². The summed E-state index contributed by atoms with van der Waals surface area (Å²) < 4.78 is 0. The Morgan fingerprint density at radius 1 is 1.07 bits per heavy atom. The molecule has 1 unspecified atom stereocenters. The van der Waals surface area contributed by atoms with Gasteiger partial charge in [-0.25, -0.2) is 0 Å². The Morgan fingerprint density at radius 2 is 1.57 bits per heavy atom.